The highest BCUT2D eigenvalue weighted by Crippen LogP contribution is 2.39. The fourth-order valence-corrected chi connectivity index (χ4v) is 2.20. The Labute approximate surface area is 108 Å². The Balaban J connectivity index is 2.34. The summed E-state index contributed by atoms with van der Waals surface area (Å²) in [5.41, 5.74) is 4.72. The van der Waals surface area contributed by atoms with E-state index in [1.165, 1.54) is 0 Å². The van der Waals surface area contributed by atoms with Crippen molar-refractivity contribution in [3.05, 3.63) is 0 Å². The van der Waals surface area contributed by atoms with Gasteiger partial charge in [0, 0.05) is 5.92 Å². The summed E-state index contributed by atoms with van der Waals surface area (Å²) in [6.07, 6.45) is -4.45. The van der Waals surface area contributed by atoms with Crippen LogP contribution in [0.4, 0.5) is 18.0 Å². The van der Waals surface area contributed by atoms with Crippen LogP contribution >= 0.6 is 0 Å². The topological polar surface area (TPSA) is 81.4 Å². The van der Waals surface area contributed by atoms with E-state index in [4.69, 9.17) is 5.73 Å². The third kappa shape index (κ3) is 5.35. The Bertz CT molecular complexity index is 334. The van der Waals surface area contributed by atoms with Gasteiger partial charge in [-0.2, -0.15) is 13.2 Å². The van der Waals surface area contributed by atoms with Crippen molar-refractivity contribution in [2.45, 2.75) is 31.9 Å². The fraction of sp³-hybridized carbons (Fsp3) is 0.818. The molecule has 1 saturated carbocycles. The van der Waals surface area contributed by atoms with Gasteiger partial charge in [0.2, 0.25) is 5.91 Å². The standard InChI is InChI=1S/C11H17F3N2O3/c12-11(13,14)8-3-1-2-7(6-8)9(17)16-4-5-19-10(15)18/h7-8H,1-6H2,(H2,15,18)(H,16,17)/t7-,8-/m1/s1. The van der Waals surface area contributed by atoms with E-state index in [0.717, 1.165) is 0 Å². The zero-order valence-electron chi connectivity index (χ0n) is 10.3. The van der Waals surface area contributed by atoms with Crippen molar-refractivity contribution in [3.8, 4) is 0 Å². The van der Waals surface area contributed by atoms with Gasteiger partial charge in [-0.3, -0.25) is 4.79 Å². The summed E-state index contributed by atoms with van der Waals surface area (Å²) in [6.45, 7) is -0.0363. The van der Waals surface area contributed by atoms with Crippen molar-refractivity contribution in [2.75, 3.05) is 13.2 Å². The largest absolute Gasteiger partial charge is 0.448 e. The molecule has 0 aromatic heterocycles. The summed E-state index contributed by atoms with van der Waals surface area (Å²) >= 11 is 0. The van der Waals surface area contributed by atoms with Crippen LogP contribution in [0.25, 0.3) is 0 Å². The lowest BCUT2D eigenvalue weighted by Crippen LogP contribution is -2.38. The highest BCUT2D eigenvalue weighted by molar-refractivity contribution is 5.78. The van der Waals surface area contributed by atoms with Gasteiger partial charge in [0.1, 0.15) is 6.61 Å². The third-order valence-corrected chi connectivity index (χ3v) is 3.15. The number of nitrogens with one attached hydrogen (secondary N) is 1. The molecule has 0 bridgehead atoms. The number of hydrogen-bond donors (Lipinski definition) is 2. The van der Waals surface area contributed by atoms with Gasteiger partial charge in [-0.05, 0) is 19.3 Å². The van der Waals surface area contributed by atoms with E-state index < -0.39 is 30.0 Å². The molecule has 1 rings (SSSR count). The zero-order chi connectivity index (χ0) is 14.5. The summed E-state index contributed by atoms with van der Waals surface area (Å²) in [5.74, 6) is -2.46. The monoisotopic (exact) mass is 282 g/mol. The predicted octanol–water partition coefficient (Wildman–Crippen LogP) is 1.57. The van der Waals surface area contributed by atoms with Gasteiger partial charge >= 0.3 is 12.3 Å². The summed E-state index contributed by atoms with van der Waals surface area (Å²) in [5, 5.41) is 2.44. The van der Waals surface area contributed by atoms with Gasteiger partial charge in [0.05, 0.1) is 12.5 Å². The van der Waals surface area contributed by atoms with Crippen LogP contribution in [0.1, 0.15) is 25.7 Å². The van der Waals surface area contributed by atoms with Crippen LogP contribution < -0.4 is 11.1 Å². The van der Waals surface area contributed by atoms with Crippen molar-refractivity contribution in [3.63, 3.8) is 0 Å². The number of rotatable bonds is 4. The van der Waals surface area contributed by atoms with E-state index in [1.54, 1.807) is 0 Å². The van der Waals surface area contributed by atoms with Crippen LogP contribution in [0.2, 0.25) is 0 Å². The molecule has 0 aromatic rings. The Morgan fingerprint density at radius 3 is 2.58 bits per heavy atom. The number of halogens is 3. The maximum Gasteiger partial charge on any atom is 0.404 e. The molecule has 0 spiro atoms. The van der Waals surface area contributed by atoms with Crippen LogP contribution in [0.15, 0.2) is 0 Å². The average molecular weight is 282 g/mol. The number of primary amides is 1. The maximum atomic E-state index is 12.6. The fourth-order valence-electron chi connectivity index (χ4n) is 2.20. The highest BCUT2D eigenvalue weighted by atomic mass is 19.4. The molecule has 0 saturated heterocycles. The van der Waals surface area contributed by atoms with Gasteiger partial charge in [-0.1, -0.05) is 6.42 Å². The summed E-state index contributed by atoms with van der Waals surface area (Å²) < 4.78 is 42.1. The maximum absolute atomic E-state index is 12.6. The molecular formula is C11H17F3N2O3. The molecule has 0 aliphatic heterocycles. The quantitative estimate of drug-likeness (QED) is 0.768. The van der Waals surface area contributed by atoms with Crippen molar-refractivity contribution in [1.29, 1.82) is 0 Å². The highest BCUT2D eigenvalue weighted by Gasteiger charge is 2.43. The summed E-state index contributed by atoms with van der Waals surface area (Å²) in [6, 6.07) is 0. The van der Waals surface area contributed by atoms with Gasteiger partial charge in [0.15, 0.2) is 0 Å². The van der Waals surface area contributed by atoms with E-state index in [2.05, 4.69) is 10.1 Å². The lowest BCUT2D eigenvalue weighted by atomic mass is 9.80. The molecule has 0 heterocycles. The van der Waals surface area contributed by atoms with E-state index in [-0.39, 0.29) is 26.0 Å². The lowest BCUT2D eigenvalue weighted by Gasteiger charge is -2.29. The van der Waals surface area contributed by atoms with Crippen molar-refractivity contribution in [1.82, 2.24) is 5.32 Å². The molecule has 1 aliphatic carbocycles. The van der Waals surface area contributed by atoms with Crippen LogP contribution in [-0.4, -0.2) is 31.3 Å². The Morgan fingerprint density at radius 2 is 2.00 bits per heavy atom. The number of alkyl halides is 3. The summed E-state index contributed by atoms with van der Waals surface area (Å²) in [4.78, 5) is 21.9. The molecular weight excluding hydrogens is 265 g/mol. The first-order valence-electron chi connectivity index (χ1n) is 6.07. The van der Waals surface area contributed by atoms with Gasteiger partial charge in [-0.25, -0.2) is 4.79 Å². The van der Waals surface area contributed by atoms with E-state index in [9.17, 15) is 22.8 Å². The van der Waals surface area contributed by atoms with Crippen LogP contribution in [-0.2, 0) is 9.53 Å². The van der Waals surface area contributed by atoms with Crippen molar-refractivity contribution < 1.29 is 27.5 Å². The predicted molar refractivity (Wildman–Crippen MR) is 60.0 cm³/mol. The number of amides is 2. The Kier molecular flexibility index (Phi) is 5.44. The molecule has 110 valence electrons. The number of nitrogens with two attached hydrogens (primary N) is 1. The molecule has 2 amide bonds. The molecule has 0 aromatic carbocycles. The van der Waals surface area contributed by atoms with Gasteiger partial charge in [-0.15, -0.1) is 0 Å². The second-order valence-corrected chi connectivity index (χ2v) is 4.56. The normalized spacial score (nSPS) is 23.7. The minimum Gasteiger partial charge on any atom is -0.448 e. The number of hydrogen-bond acceptors (Lipinski definition) is 3. The molecule has 3 N–H and O–H groups in total. The first-order valence-corrected chi connectivity index (χ1v) is 6.07. The first kappa shape index (κ1) is 15.6. The third-order valence-electron chi connectivity index (χ3n) is 3.15. The molecule has 19 heavy (non-hydrogen) atoms. The second-order valence-electron chi connectivity index (χ2n) is 4.56. The van der Waals surface area contributed by atoms with Crippen LogP contribution in [0.5, 0.6) is 0 Å². The molecule has 2 atom stereocenters. The second kappa shape index (κ2) is 6.63. The van der Waals surface area contributed by atoms with Gasteiger partial charge in [0.25, 0.3) is 0 Å². The van der Waals surface area contributed by atoms with Crippen LogP contribution in [0, 0.1) is 11.8 Å². The minimum atomic E-state index is -4.24. The summed E-state index contributed by atoms with van der Waals surface area (Å²) in [7, 11) is 0. The molecule has 0 radical (unpaired) electrons. The van der Waals surface area contributed by atoms with E-state index >= 15 is 0 Å². The SMILES string of the molecule is NC(=O)OCCNC(=O)[C@@H]1CCC[C@@H](C(F)(F)F)C1. The molecule has 1 aliphatic rings. The number of carbonyl (C=O) groups excluding carboxylic acids is 2. The van der Waals surface area contributed by atoms with E-state index in [0.29, 0.717) is 12.8 Å². The zero-order valence-corrected chi connectivity index (χ0v) is 10.3. The van der Waals surface area contributed by atoms with Crippen LogP contribution in [0.3, 0.4) is 0 Å². The molecule has 1 fully saturated rings. The van der Waals surface area contributed by atoms with Crippen molar-refractivity contribution >= 4 is 12.0 Å². The molecule has 8 heteroatoms. The minimum absolute atomic E-state index is 0.0506. The van der Waals surface area contributed by atoms with E-state index in [1.807, 2.05) is 0 Å². The molecule has 5 nitrogen and oxygen atoms in total. The van der Waals surface area contributed by atoms with Crippen molar-refractivity contribution in [2.24, 2.45) is 17.6 Å². The van der Waals surface area contributed by atoms with Gasteiger partial charge < -0.3 is 15.8 Å². The lowest BCUT2D eigenvalue weighted by molar-refractivity contribution is -0.186. The Hall–Kier alpha value is -1.47. The number of carbonyl (C=O) groups is 2. The Morgan fingerprint density at radius 1 is 1.32 bits per heavy atom. The first-order chi connectivity index (χ1) is 8.80. The number of ether oxygens (including phenoxy) is 1. The average Bonchev–Trinajstić information content (AvgIpc) is 2.33. The smallest absolute Gasteiger partial charge is 0.404 e. The molecule has 0 unspecified atom stereocenters.